The maximum atomic E-state index is 4.35. The van der Waals surface area contributed by atoms with E-state index in [-0.39, 0.29) is 0 Å². The van der Waals surface area contributed by atoms with Crippen LogP contribution in [0.1, 0.15) is 27.2 Å². The predicted molar refractivity (Wildman–Crippen MR) is 53.8 cm³/mol. The van der Waals surface area contributed by atoms with Crippen LogP contribution in [0.15, 0.2) is 0 Å². The molecule has 0 aromatic heterocycles. The van der Waals surface area contributed by atoms with Gasteiger partial charge in [-0.3, -0.25) is 0 Å². The summed E-state index contributed by atoms with van der Waals surface area (Å²) in [6, 6.07) is 0. The summed E-state index contributed by atoms with van der Waals surface area (Å²) >= 11 is 0. The largest absolute Gasteiger partial charge is 0.308 e. The van der Waals surface area contributed by atoms with Gasteiger partial charge in [-0.05, 0) is 25.9 Å². The minimum absolute atomic E-state index is 0.949. The number of likely N-dealkylation sites (tertiary alicyclic amines) is 1. The zero-order valence-electron chi connectivity index (χ0n) is 9.13. The van der Waals surface area contributed by atoms with Crippen molar-refractivity contribution in [3.63, 3.8) is 0 Å². The number of hydrogen-bond donors (Lipinski definition) is 1. The van der Waals surface area contributed by atoms with Crippen LogP contribution in [-0.2, 0) is 4.84 Å². The summed E-state index contributed by atoms with van der Waals surface area (Å²) in [6.07, 6.45) is 1.40. The quantitative estimate of drug-likeness (QED) is 0.568. The maximum absolute atomic E-state index is 4.35. The lowest BCUT2D eigenvalue weighted by Gasteiger charge is -2.03. The summed E-state index contributed by atoms with van der Waals surface area (Å²) in [4.78, 5) is 6.13. The Morgan fingerprint density at radius 3 is 1.92 bits per heavy atom. The molecule has 3 nitrogen and oxygen atoms in total. The van der Waals surface area contributed by atoms with Gasteiger partial charge >= 0.3 is 0 Å². The summed E-state index contributed by atoms with van der Waals surface area (Å²) in [5.41, 5.74) is 0. The van der Waals surface area contributed by atoms with Crippen molar-refractivity contribution < 1.29 is 4.84 Å². The molecule has 1 aliphatic heterocycles. The van der Waals surface area contributed by atoms with Gasteiger partial charge in [0.1, 0.15) is 0 Å². The van der Waals surface area contributed by atoms with Gasteiger partial charge in [-0.2, -0.15) is 0 Å². The monoisotopic (exact) mass is 176 g/mol. The molecule has 1 heterocycles. The van der Waals surface area contributed by atoms with Crippen LogP contribution in [0.2, 0.25) is 0 Å². The molecule has 0 aliphatic carbocycles. The molecule has 1 saturated heterocycles. The second-order valence-electron chi connectivity index (χ2n) is 2.89. The third-order valence-electron chi connectivity index (χ3n) is 1.63. The Morgan fingerprint density at radius 1 is 1.42 bits per heavy atom. The highest BCUT2D eigenvalue weighted by Gasteiger charge is 2.13. The SMILES string of the molecule is CC.CC1CCN(C)C1.CON. The van der Waals surface area contributed by atoms with Crippen LogP contribution in [-0.4, -0.2) is 32.1 Å². The Kier molecular flexibility index (Phi) is 13.1. The van der Waals surface area contributed by atoms with E-state index in [0.29, 0.717) is 0 Å². The third kappa shape index (κ3) is 9.88. The summed E-state index contributed by atoms with van der Waals surface area (Å²) < 4.78 is 0. The first-order valence-corrected chi connectivity index (χ1v) is 4.62. The first-order valence-electron chi connectivity index (χ1n) is 4.62. The van der Waals surface area contributed by atoms with Gasteiger partial charge in [-0.15, -0.1) is 0 Å². The summed E-state index contributed by atoms with van der Waals surface area (Å²) in [6.45, 7) is 8.92. The Bertz CT molecular complexity index is 70.9. The van der Waals surface area contributed by atoms with E-state index in [9.17, 15) is 0 Å². The number of rotatable bonds is 0. The second kappa shape index (κ2) is 10.9. The fraction of sp³-hybridized carbons (Fsp3) is 1.00. The number of nitrogens with two attached hydrogens (primary N) is 1. The van der Waals surface area contributed by atoms with Gasteiger partial charge in [-0.25, -0.2) is 5.90 Å². The van der Waals surface area contributed by atoms with Crippen molar-refractivity contribution in [1.82, 2.24) is 4.90 Å². The van der Waals surface area contributed by atoms with E-state index < -0.39 is 0 Å². The molecular weight excluding hydrogens is 152 g/mol. The highest BCUT2D eigenvalue weighted by molar-refractivity contribution is 4.67. The Hall–Kier alpha value is -0.120. The first kappa shape index (κ1) is 14.4. The van der Waals surface area contributed by atoms with Crippen molar-refractivity contribution in [1.29, 1.82) is 0 Å². The van der Waals surface area contributed by atoms with E-state index in [2.05, 4.69) is 29.6 Å². The summed E-state index contributed by atoms with van der Waals surface area (Å²) in [5.74, 6) is 5.30. The molecule has 2 N–H and O–H groups in total. The molecule has 1 fully saturated rings. The molecule has 0 aromatic carbocycles. The average Bonchev–Trinajstić information content (AvgIpc) is 2.40. The molecule has 3 heteroatoms. The molecule has 0 amide bonds. The second-order valence-corrected chi connectivity index (χ2v) is 2.89. The van der Waals surface area contributed by atoms with Crippen LogP contribution in [0.5, 0.6) is 0 Å². The third-order valence-corrected chi connectivity index (χ3v) is 1.63. The van der Waals surface area contributed by atoms with Crippen molar-refractivity contribution in [2.45, 2.75) is 27.2 Å². The predicted octanol–water partition coefficient (Wildman–Crippen LogP) is 1.49. The lowest BCUT2D eigenvalue weighted by Crippen LogP contribution is -2.12. The highest BCUT2D eigenvalue weighted by Crippen LogP contribution is 2.11. The number of hydrogen-bond acceptors (Lipinski definition) is 3. The zero-order valence-corrected chi connectivity index (χ0v) is 9.13. The Morgan fingerprint density at radius 2 is 1.83 bits per heavy atom. The molecular formula is C9H24N2O. The minimum atomic E-state index is 0.949. The molecule has 76 valence electrons. The van der Waals surface area contributed by atoms with Crippen molar-refractivity contribution in [3.8, 4) is 0 Å². The molecule has 1 atom stereocenters. The van der Waals surface area contributed by atoms with E-state index in [1.54, 1.807) is 0 Å². The number of nitrogens with zero attached hydrogens (tertiary/aromatic N) is 1. The molecule has 0 radical (unpaired) electrons. The van der Waals surface area contributed by atoms with E-state index in [1.807, 2.05) is 13.8 Å². The first-order chi connectivity index (χ1) is 5.70. The Balaban J connectivity index is 0. The van der Waals surface area contributed by atoms with E-state index >= 15 is 0 Å². The fourth-order valence-electron chi connectivity index (χ4n) is 1.16. The van der Waals surface area contributed by atoms with Gasteiger partial charge in [0.05, 0.1) is 7.11 Å². The lowest BCUT2D eigenvalue weighted by molar-refractivity contribution is 0.206. The van der Waals surface area contributed by atoms with Crippen LogP contribution in [0, 0.1) is 5.92 Å². The van der Waals surface area contributed by atoms with Crippen LogP contribution < -0.4 is 5.90 Å². The molecule has 0 bridgehead atoms. The van der Waals surface area contributed by atoms with E-state index in [0.717, 1.165) is 5.92 Å². The Labute approximate surface area is 76.8 Å². The zero-order chi connectivity index (χ0) is 9.98. The molecule has 0 aromatic rings. The van der Waals surface area contributed by atoms with E-state index in [1.165, 1.54) is 26.6 Å². The van der Waals surface area contributed by atoms with Crippen molar-refractivity contribution in [3.05, 3.63) is 0 Å². The fourth-order valence-corrected chi connectivity index (χ4v) is 1.16. The highest BCUT2D eigenvalue weighted by atomic mass is 16.6. The topological polar surface area (TPSA) is 38.5 Å². The molecule has 0 saturated carbocycles. The normalized spacial score (nSPS) is 22.0. The van der Waals surface area contributed by atoms with Crippen LogP contribution in [0.25, 0.3) is 0 Å². The van der Waals surface area contributed by atoms with Crippen molar-refractivity contribution in [2.75, 3.05) is 27.2 Å². The van der Waals surface area contributed by atoms with Crippen LogP contribution in [0.3, 0.4) is 0 Å². The minimum Gasteiger partial charge on any atom is -0.308 e. The van der Waals surface area contributed by atoms with Gasteiger partial charge in [0.15, 0.2) is 0 Å². The lowest BCUT2D eigenvalue weighted by atomic mass is 10.2. The van der Waals surface area contributed by atoms with Gasteiger partial charge in [-0.1, -0.05) is 20.8 Å². The molecule has 1 rings (SSSR count). The van der Waals surface area contributed by atoms with Crippen LogP contribution >= 0.6 is 0 Å². The summed E-state index contributed by atoms with van der Waals surface area (Å²) in [7, 11) is 3.59. The molecule has 1 unspecified atom stereocenters. The van der Waals surface area contributed by atoms with Crippen LogP contribution in [0.4, 0.5) is 0 Å². The smallest absolute Gasteiger partial charge is 0.0569 e. The molecule has 1 aliphatic rings. The summed E-state index contributed by atoms with van der Waals surface area (Å²) in [5, 5.41) is 0. The van der Waals surface area contributed by atoms with Gasteiger partial charge in [0, 0.05) is 6.54 Å². The van der Waals surface area contributed by atoms with Crippen molar-refractivity contribution in [2.24, 2.45) is 11.8 Å². The molecule has 12 heavy (non-hydrogen) atoms. The van der Waals surface area contributed by atoms with Crippen molar-refractivity contribution >= 4 is 0 Å². The van der Waals surface area contributed by atoms with Gasteiger partial charge < -0.3 is 9.74 Å². The molecule has 0 spiro atoms. The van der Waals surface area contributed by atoms with Gasteiger partial charge in [0.2, 0.25) is 0 Å². The standard InChI is InChI=1S/C6H13N.C2H6.CH5NO/c1-6-3-4-7(2)5-6;1-2;1-3-2/h6H,3-5H2,1-2H3;1-2H3;2H2,1H3. The average molecular weight is 176 g/mol. The van der Waals surface area contributed by atoms with Gasteiger partial charge in [0.25, 0.3) is 0 Å². The van der Waals surface area contributed by atoms with E-state index in [4.69, 9.17) is 0 Å². The maximum Gasteiger partial charge on any atom is 0.0569 e.